The quantitative estimate of drug-likeness (QED) is 0.320. The molecule has 1 aliphatic rings. The highest BCUT2D eigenvalue weighted by Crippen LogP contribution is 2.19. The number of nitrogens with zero attached hydrogens (tertiary/aromatic N) is 1. The molecule has 0 spiro atoms. The number of carboxylic acids is 1. The lowest BCUT2D eigenvalue weighted by Gasteiger charge is -2.29. The fourth-order valence-electron chi connectivity index (χ4n) is 2.87. The van der Waals surface area contributed by atoms with Crippen LogP contribution in [0, 0.1) is 5.92 Å². The van der Waals surface area contributed by atoms with E-state index >= 15 is 0 Å². The van der Waals surface area contributed by atoms with Gasteiger partial charge in [-0.05, 0) is 18.8 Å². The topological polar surface area (TPSA) is 142 Å². The smallest absolute Gasteiger partial charge is 0.326 e. The molecule has 4 atom stereocenters. The van der Waals surface area contributed by atoms with Gasteiger partial charge in [-0.15, -0.1) is 0 Å². The zero-order valence-corrected chi connectivity index (χ0v) is 16.0. The molecule has 1 heterocycles. The van der Waals surface area contributed by atoms with Gasteiger partial charge in [-0.1, -0.05) is 20.3 Å². The summed E-state index contributed by atoms with van der Waals surface area (Å²) in [5.41, 5.74) is 5.29. The number of likely N-dealkylation sites (tertiary alicyclic amines) is 1. The van der Waals surface area contributed by atoms with Crippen molar-refractivity contribution in [3.8, 4) is 0 Å². The maximum atomic E-state index is 12.7. The fraction of sp³-hybridized carbons (Fsp3) is 0.750. The third-order valence-corrected chi connectivity index (χ3v) is 4.98. The van der Waals surface area contributed by atoms with Gasteiger partial charge in [-0.3, -0.25) is 14.4 Å². The molecule has 0 aliphatic carbocycles. The summed E-state index contributed by atoms with van der Waals surface area (Å²) in [4.78, 5) is 49.4. The fourth-order valence-corrected chi connectivity index (χ4v) is 3.12. The molecule has 0 aromatic rings. The van der Waals surface area contributed by atoms with Crippen molar-refractivity contribution < 1.29 is 24.3 Å². The minimum Gasteiger partial charge on any atom is -0.480 e. The van der Waals surface area contributed by atoms with E-state index in [-0.39, 0.29) is 18.2 Å². The Bertz CT molecular complexity index is 545. The maximum absolute atomic E-state index is 12.7. The van der Waals surface area contributed by atoms with Gasteiger partial charge in [-0.25, -0.2) is 4.79 Å². The number of nitrogens with one attached hydrogen (secondary N) is 2. The van der Waals surface area contributed by atoms with Crippen molar-refractivity contribution in [2.24, 2.45) is 11.7 Å². The van der Waals surface area contributed by atoms with Gasteiger partial charge in [0.05, 0.1) is 6.54 Å². The number of carbonyl (C=O) groups excluding carboxylic acids is 3. The third kappa shape index (κ3) is 5.60. The van der Waals surface area contributed by atoms with Gasteiger partial charge in [0.25, 0.3) is 0 Å². The second kappa shape index (κ2) is 10.4. The van der Waals surface area contributed by atoms with Gasteiger partial charge in [0.15, 0.2) is 0 Å². The number of amides is 3. The first-order chi connectivity index (χ1) is 12.3. The van der Waals surface area contributed by atoms with Gasteiger partial charge in [0.2, 0.25) is 17.7 Å². The molecule has 26 heavy (non-hydrogen) atoms. The molecule has 0 saturated carbocycles. The van der Waals surface area contributed by atoms with E-state index in [0.717, 1.165) is 0 Å². The molecule has 1 saturated heterocycles. The first-order valence-electron chi connectivity index (χ1n) is 8.70. The van der Waals surface area contributed by atoms with E-state index in [9.17, 15) is 24.3 Å². The molecule has 1 rings (SSSR count). The van der Waals surface area contributed by atoms with Gasteiger partial charge < -0.3 is 26.4 Å². The molecule has 1 aliphatic heterocycles. The van der Waals surface area contributed by atoms with Gasteiger partial charge in [-0.2, -0.15) is 12.6 Å². The van der Waals surface area contributed by atoms with Gasteiger partial charge >= 0.3 is 5.97 Å². The monoisotopic (exact) mass is 388 g/mol. The van der Waals surface area contributed by atoms with Crippen LogP contribution in [0.2, 0.25) is 0 Å². The van der Waals surface area contributed by atoms with Crippen LogP contribution in [0.25, 0.3) is 0 Å². The van der Waals surface area contributed by atoms with Crippen LogP contribution in [-0.2, 0) is 19.2 Å². The second-order valence-electron chi connectivity index (χ2n) is 6.41. The first-order valence-corrected chi connectivity index (χ1v) is 9.33. The standard InChI is InChI=1S/C16H28N4O5S/c1-3-9(2)13(19-12(21)7-17)14(22)18-10(8-26)15(23)20-6-4-5-11(20)16(24)25/h9-11,13,26H,3-8,17H2,1-2H3,(H,18,22)(H,19,21)(H,24,25). The van der Waals surface area contributed by atoms with E-state index < -0.39 is 41.8 Å². The molecule has 4 unspecified atom stereocenters. The minimum absolute atomic E-state index is 0.0193. The Morgan fingerprint density at radius 1 is 1.31 bits per heavy atom. The van der Waals surface area contributed by atoms with Crippen LogP contribution in [0.4, 0.5) is 0 Å². The number of aliphatic carboxylic acids is 1. The first kappa shape index (κ1) is 22.2. The molecule has 0 aromatic heterocycles. The Morgan fingerprint density at radius 3 is 2.46 bits per heavy atom. The summed E-state index contributed by atoms with van der Waals surface area (Å²) in [5, 5.41) is 14.4. The van der Waals surface area contributed by atoms with E-state index in [1.165, 1.54) is 4.90 Å². The number of thiol groups is 1. The Balaban J connectivity index is 2.86. The van der Waals surface area contributed by atoms with E-state index in [4.69, 9.17) is 5.73 Å². The summed E-state index contributed by atoms with van der Waals surface area (Å²) in [7, 11) is 0. The lowest BCUT2D eigenvalue weighted by Crippen LogP contribution is -2.58. The third-order valence-electron chi connectivity index (χ3n) is 4.62. The summed E-state index contributed by atoms with van der Waals surface area (Å²) >= 11 is 4.12. The van der Waals surface area contributed by atoms with Crippen LogP contribution in [0.3, 0.4) is 0 Å². The summed E-state index contributed by atoms with van der Waals surface area (Å²) in [6.45, 7) is 3.76. The largest absolute Gasteiger partial charge is 0.480 e. The molecule has 0 aromatic carbocycles. The molecule has 9 nitrogen and oxygen atoms in total. The zero-order valence-electron chi connectivity index (χ0n) is 15.1. The van der Waals surface area contributed by atoms with Crippen LogP contribution in [-0.4, -0.2) is 70.7 Å². The summed E-state index contributed by atoms with van der Waals surface area (Å²) in [5.74, 6) is -2.67. The van der Waals surface area contributed by atoms with Crippen molar-refractivity contribution in [2.75, 3.05) is 18.8 Å². The van der Waals surface area contributed by atoms with Crippen molar-refractivity contribution in [3.63, 3.8) is 0 Å². The SMILES string of the molecule is CCC(C)C(NC(=O)CN)C(=O)NC(CS)C(=O)N1CCCC1C(=O)O. The predicted octanol–water partition coefficient (Wildman–Crippen LogP) is -1.03. The molecule has 148 valence electrons. The van der Waals surface area contributed by atoms with Crippen molar-refractivity contribution in [1.82, 2.24) is 15.5 Å². The van der Waals surface area contributed by atoms with Crippen LogP contribution < -0.4 is 16.4 Å². The Morgan fingerprint density at radius 2 is 1.96 bits per heavy atom. The number of nitrogens with two attached hydrogens (primary N) is 1. The average molecular weight is 388 g/mol. The Kier molecular flexibility index (Phi) is 8.86. The summed E-state index contributed by atoms with van der Waals surface area (Å²) < 4.78 is 0. The summed E-state index contributed by atoms with van der Waals surface area (Å²) in [6.07, 6.45) is 1.62. The van der Waals surface area contributed by atoms with Crippen molar-refractivity contribution >= 4 is 36.3 Å². The van der Waals surface area contributed by atoms with Crippen molar-refractivity contribution in [2.45, 2.75) is 51.2 Å². The van der Waals surface area contributed by atoms with Gasteiger partial charge in [0.1, 0.15) is 18.1 Å². The molecule has 0 radical (unpaired) electrons. The highest BCUT2D eigenvalue weighted by Gasteiger charge is 2.38. The van der Waals surface area contributed by atoms with E-state index in [1.54, 1.807) is 6.92 Å². The summed E-state index contributed by atoms with van der Waals surface area (Å²) in [6, 6.07) is -2.68. The zero-order chi connectivity index (χ0) is 19.9. The number of rotatable bonds is 9. The van der Waals surface area contributed by atoms with Crippen LogP contribution in [0.1, 0.15) is 33.1 Å². The number of carboxylic acid groups (broad SMARTS) is 1. The molecule has 5 N–H and O–H groups in total. The molecular formula is C16H28N4O5S. The maximum Gasteiger partial charge on any atom is 0.326 e. The molecule has 3 amide bonds. The highest BCUT2D eigenvalue weighted by atomic mass is 32.1. The van der Waals surface area contributed by atoms with Crippen LogP contribution in [0.5, 0.6) is 0 Å². The lowest BCUT2D eigenvalue weighted by molar-refractivity contribution is -0.149. The second-order valence-corrected chi connectivity index (χ2v) is 6.77. The van der Waals surface area contributed by atoms with Crippen LogP contribution in [0.15, 0.2) is 0 Å². The number of hydrogen-bond acceptors (Lipinski definition) is 6. The Labute approximate surface area is 158 Å². The Hall–Kier alpha value is -1.81. The lowest BCUT2D eigenvalue weighted by atomic mass is 9.98. The predicted molar refractivity (Wildman–Crippen MR) is 98.6 cm³/mol. The van der Waals surface area contributed by atoms with E-state index in [0.29, 0.717) is 25.8 Å². The normalized spacial score (nSPS) is 20.2. The molecule has 0 bridgehead atoms. The molecule has 1 fully saturated rings. The van der Waals surface area contributed by atoms with Crippen molar-refractivity contribution in [3.05, 3.63) is 0 Å². The average Bonchev–Trinajstić information content (AvgIpc) is 3.12. The number of hydrogen-bond donors (Lipinski definition) is 5. The molecule has 10 heteroatoms. The van der Waals surface area contributed by atoms with E-state index in [2.05, 4.69) is 23.3 Å². The molecular weight excluding hydrogens is 360 g/mol. The minimum atomic E-state index is -1.06. The van der Waals surface area contributed by atoms with E-state index in [1.807, 2.05) is 6.92 Å². The van der Waals surface area contributed by atoms with Crippen LogP contribution >= 0.6 is 12.6 Å². The van der Waals surface area contributed by atoms with Gasteiger partial charge in [0, 0.05) is 12.3 Å². The van der Waals surface area contributed by atoms with Crippen molar-refractivity contribution in [1.29, 1.82) is 0 Å². The highest BCUT2D eigenvalue weighted by molar-refractivity contribution is 7.80. The number of carbonyl (C=O) groups is 4.